The van der Waals surface area contributed by atoms with Crippen molar-refractivity contribution in [2.75, 3.05) is 33.3 Å². The number of aryl methyl sites for hydroxylation is 1. The number of unbranched alkanes of at least 4 members (excludes halogenated alkanes) is 2. The molecule has 0 bridgehead atoms. The largest absolute Gasteiger partial charge is 0.496 e. The SMILES string of the molecule is CCCCC[C@H](c1ccc(OC)c(C)c1)N1CCNCC1.Cl.Cl. The van der Waals surface area contributed by atoms with Gasteiger partial charge in [0.05, 0.1) is 7.11 Å². The molecule has 1 aromatic rings. The zero-order valence-electron chi connectivity index (χ0n) is 14.6. The number of nitrogens with zero attached hydrogens (tertiary/aromatic N) is 1. The lowest BCUT2D eigenvalue weighted by atomic mass is 9.96. The third-order valence-corrected chi connectivity index (χ3v) is 4.48. The van der Waals surface area contributed by atoms with Gasteiger partial charge in [-0.1, -0.05) is 38.3 Å². The average Bonchev–Trinajstić information content (AvgIpc) is 2.52. The van der Waals surface area contributed by atoms with Gasteiger partial charge in [0.1, 0.15) is 5.75 Å². The van der Waals surface area contributed by atoms with Gasteiger partial charge in [-0.2, -0.15) is 0 Å². The maximum Gasteiger partial charge on any atom is 0.121 e. The van der Waals surface area contributed by atoms with Gasteiger partial charge in [0, 0.05) is 32.2 Å². The summed E-state index contributed by atoms with van der Waals surface area (Å²) in [5.74, 6) is 0.992. The Hall–Kier alpha value is -0.480. The summed E-state index contributed by atoms with van der Waals surface area (Å²) in [6.45, 7) is 8.95. The molecule has 1 N–H and O–H groups in total. The molecule has 0 unspecified atom stereocenters. The molecule has 1 fully saturated rings. The fourth-order valence-electron chi connectivity index (χ4n) is 3.25. The molecule has 3 nitrogen and oxygen atoms in total. The molecule has 1 saturated heterocycles. The van der Waals surface area contributed by atoms with Gasteiger partial charge in [-0.15, -0.1) is 24.8 Å². The highest BCUT2D eigenvalue weighted by Gasteiger charge is 2.22. The first-order valence-electron chi connectivity index (χ1n) is 8.35. The molecule has 1 atom stereocenters. The Labute approximate surface area is 154 Å². The van der Waals surface area contributed by atoms with Crippen LogP contribution in [0.15, 0.2) is 18.2 Å². The minimum Gasteiger partial charge on any atom is -0.496 e. The summed E-state index contributed by atoms with van der Waals surface area (Å²) < 4.78 is 5.40. The number of ether oxygens (including phenoxy) is 1. The van der Waals surface area contributed by atoms with Crippen molar-refractivity contribution < 1.29 is 4.74 Å². The van der Waals surface area contributed by atoms with Crippen LogP contribution in [0.25, 0.3) is 0 Å². The standard InChI is InChI=1S/C18H30N2O.2ClH/c1-4-5-6-7-17(20-12-10-19-11-13-20)16-8-9-18(21-3)15(2)14-16;;/h8-9,14,17,19H,4-7,10-13H2,1-3H3;2*1H/t17-;;/m1../s1. The van der Waals surface area contributed by atoms with Crippen molar-refractivity contribution in [1.29, 1.82) is 0 Å². The van der Waals surface area contributed by atoms with Gasteiger partial charge in [0.25, 0.3) is 0 Å². The summed E-state index contributed by atoms with van der Waals surface area (Å²) in [5.41, 5.74) is 2.69. The molecule has 1 aliphatic heterocycles. The van der Waals surface area contributed by atoms with E-state index in [-0.39, 0.29) is 24.8 Å². The Balaban J connectivity index is 0.00000242. The monoisotopic (exact) mass is 362 g/mol. The Kier molecular flexibility index (Phi) is 11.7. The number of halogens is 2. The van der Waals surface area contributed by atoms with Gasteiger partial charge < -0.3 is 10.1 Å². The number of hydrogen-bond acceptors (Lipinski definition) is 3. The van der Waals surface area contributed by atoms with Crippen LogP contribution in [-0.2, 0) is 0 Å². The van der Waals surface area contributed by atoms with E-state index >= 15 is 0 Å². The molecule has 23 heavy (non-hydrogen) atoms. The molecule has 0 aliphatic carbocycles. The maximum absolute atomic E-state index is 5.40. The number of methoxy groups -OCH3 is 1. The van der Waals surface area contributed by atoms with Crippen molar-refractivity contribution in [3.8, 4) is 5.75 Å². The van der Waals surface area contributed by atoms with E-state index in [0.29, 0.717) is 6.04 Å². The van der Waals surface area contributed by atoms with Crippen LogP contribution in [0.4, 0.5) is 0 Å². The van der Waals surface area contributed by atoms with E-state index < -0.39 is 0 Å². The van der Waals surface area contributed by atoms with E-state index in [9.17, 15) is 0 Å². The van der Waals surface area contributed by atoms with Gasteiger partial charge >= 0.3 is 0 Å². The fraction of sp³-hybridized carbons (Fsp3) is 0.667. The molecule has 134 valence electrons. The molecule has 1 heterocycles. The predicted molar refractivity (Wildman–Crippen MR) is 104 cm³/mol. The topological polar surface area (TPSA) is 24.5 Å². The molecule has 2 rings (SSSR count). The Morgan fingerprint density at radius 2 is 1.87 bits per heavy atom. The zero-order chi connectivity index (χ0) is 15.1. The Bertz CT molecular complexity index is 437. The van der Waals surface area contributed by atoms with E-state index in [4.69, 9.17) is 4.74 Å². The molecule has 0 aromatic heterocycles. The molecular weight excluding hydrogens is 331 g/mol. The predicted octanol–water partition coefficient (Wildman–Crippen LogP) is 4.37. The number of piperazine rings is 1. The summed E-state index contributed by atoms with van der Waals surface area (Å²) in [4.78, 5) is 2.65. The van der Waals surface area contributed by atoms with Crippen LogP contribution in [0.1, 0.15) is 49.8 Å². The van der Waals surface area contributed by atoms with Gasteiger partial charge in [-0.05, 0) is 30.5 Å². The lowest BCUT2D eigenvalue weighted by Crippen LogP contribution is -2.45. The second-order valence-corrected chi connectivity index (χ2v) is 6.03. The second kappa shape index (κ2) is 12.0. The van der Waals surface area contributed by atoms with Crippen LogP contribution in [0, 0.1) is 6.92 Å². The van der Waals surface area contributed by atoms with Crippen molar-refractivity contribution in [3.63, 3.8) is 0 Å². The molecule has 0 radical (unpaired) electrons. The number of rotatable bonds is 7. The molecular formula is C18H32Cl2N2O. The summed E-state index contributed by atoms with van der Waals surface area (Å²) in [6.07, 6.45) is 5.20. The van der Waals surface area contributed by atoms with E-state index in [1.165, 1.54) is 36.8 Å². The lowest BCUT2D eigenvalue weighted by Gasteiger charge is -2.35. The van der Waals surface area contributed by atoms with E-state index in [1.807, 2.05) is 0 Å². The van der Waals surface area contributed by atoms with Gasteiger partial charge in [0.15, 0.2) is 0 Å². The highest BCUT2D eigenvalue weighted by Crippen LogP contribution is 2.30. The fourth-order valence-corrected chi connectivity index (χ4v) is 3.25. The normalized spacial score (nSPS) is 16.1. The van der Waals surface area contributed by atoms with Crippen LogP contribution in [-0.4, -0.2) is 38.2 Å². The minimum atomic E-state index is 0. The minimum absolute atomic E-state index is 0. The van der Waals surface area contributed by atoms with E-state index in [2.05, 4.69) is 42.3 Å². The smallest absolute Gasteiger partial charge is 0.121 e. The third-order valence-electron chi connectivity index (χ3n) is 4.48. The molecule has 1 aromatic carbocycles. The quantitative estimate of drug-likeness (QED) is 0.728. The summed E-state index contributed by atoms with van der Waals surface area (Å²) in [6, 6.07) is 7.25. The van der Waals surface area contributed by atoms with Crippen molar-refractivity contribution in [2.24, 2.45) is 0 Å². The van der Waals surface area contributed by atoms with Crippen molar-refractivity contribution in [2.45, 2.75) is 45.6 Å². The Morgan fingerprint density at radius 3 is 2.43 bits per heavy atom. The highest BCUT2D eigenvalue weighted by molar-refractivity contribution is 5.85. The van der Waals surface area contributed by atoms with E-state index in [0.717, 1.165) is 31.9 Å². The van der Waals surface area contributed by atoms with Crippen molar-refractivity contribution in [1.82, 2.24) is 10.2 Å². The highest BCUT2D eigenvalue weighted by atomic mass is 35.5. The van der Waals surface area contributed by atoms with E-state index in [1.54, 1.807) is 7.11 Å². The molecule has 1 aliphatic rings. The summed E-state index contributed by atoms with van der Waals surface area (Å²) in [7, 11) is 1.75. The summed E-state index contributed by atoms with van der Waals surface area (Å²) >= 11 is 0. The van der Waals surface area contributed by atoms with Crippen LogP contribution in [0.3, 0.4) is 0 Å². The molecule has 0 saturated carbocycles. The van der Waals surface area contributed by atoms with Gasteiger partial charge in [0.2, 0.25) is 0 Å². The molecule has 5 heteroatoms. The first-order valence-corrected chi connectivity index (χ1v) is 8.35. The van der Waals surface area contributed by atoms with Crippen molar-refractivity contribution >= 4 is 24.8 Å². The second-order valence-electron chi connectivity index (χ2n) is 6.03. The van der Waals surface area contributed by atoms with Crippen LogP contribution >= 0.6 is 24.8 Å². The average molecular weight is 363 g/mol. The van der Waals surface area contributed by atoms with Crippen LogP contribution in [0.5, 0.6) is 5.75 Å². The van der Waals surface area contributed by atoms with Gasteiger partial charge in [-0.25, -0.2) is 0 Å². The van der Waals surface area contributed by atoms with Gasteiger partial charge in [-0.3, -0.25) is 4.90 Å². The summed E-state index contributed by atoms with van der Waals surface area (Å²) in [5, 5.41) is 3.46. The Morgan fingerprint density at radius 1 is 1.17 bits per heavy atom. The first-order chi connectivity index (χ1) is 10.3. The number of nitrogens with one attached hydrogen (secondary N) is 1. The first kappa shape index (κ1) is 22.5. The molecule has 0 amide bonds. The zero-order valence-corrected chi connectivity index (χ0v) is 16.3. The maximum atomic E-state index is 5.40. The number of hydrogen-bond donors (Lipinski definition) is 1. The lowest BCUT2D eigenvalue weighted by molar-refractivity contribution is 0.162. The third kappa shape index (κ3) is 6.50. The van der Waals surface area contributed by atoms with Crippen molar-refractivity contribution in [3.05, 3.63) is 29.3 Å². The van der Waals surface area contributed by atoms with Crippen LogP contribution < -0.4 is 10.1 Å². The molecule has 0 spiro atoms. The van der Waals surface area contributed by atoms with Crippen LogP contribution in [0.2, 0.25) is 0 Å². The number of benzene rings is 1.